The van der Waals surface area contributed by atoms with Crippen molar-refractivity contribution in [1.29, 1.82) is 10.5 Å². The molecule has 39 heavy (non-hydrogen) atoms. The van der Waals surface area contributed by atoms with Gasteiger partial charge in [-0.25, -0.2) is 13.5 Å². The predicted molar refractivity (Wildman–Crippen MR) is 144 cm³/mol. The largest absolute Gasteiger partial charge is 0.383 e. The fourth-order valence-electron chi connectivity index (χ4n) is 4.54. The number of nitrogens with one attached hydrogen (secondary N) is 2. The Kier molecular flexibility index (Phi) is 6.65. The summed E-state index contributed by atoms with van der Waals surface area (Å²) >= 11 is 0. The standard InChI is InChI=1S/C29H28F2N8/c1-28(2,3)17-35-24-20(14-33)15-34-26-21(24)11-18(13-32)12-22(26)36-25(19-7-5-4-6-8-19)23-16-39(38-37-23)29(9-10-29)27(30)31/h4-8,11-12,15-16,25,27,36H,9-10,17H2,1-3H3,(H,34,35)/t25-/m0/s1. The topological polar surface area (TPSA) is 115 Å². The molecule has 2 N–H and O–H groups in total. The minimum atomic E-state index is -2.54. The van der Waals surface area contributed by atoms with Crippen LogP contribution in [0.3, 0.4) is 0 Å². The maximum Gasteiger partial charge on any atom is 0.263 e. The summed E-state index contributed by atoms with van der Waals surface area (Å²) in [7, 11) is 0. The number of alkyl halides is 2. The van der Waals surface area contributed by atoms with Gasteiger partial charge in [0.2, 0.25) is 0 Å². The van der Waals surface area contributed by atoms with Gasteiger partial charge in [-0.1, -0.05) is 56.3 Å². The van der Waals surface area contributed by atoms with Crippen molar-refractivity contribution < 1.29 is 8.78 Å². The van der Waals surface area contributed by atoms with Crippen molar-refractivity contribution in [1.82, 2.24) is 20.0 Å². The van der Waals surface area contributed by atoms with Crippen molar-refractivity contribution in [2.45, 2.75) is 51.6 Å². The Balaban J connectivity index is 1.62. The number of nitrogens with zero attached hydrogens (tertiary/aromatic N) is 6. The lowest BCUT2D eigenvalue weighted by molar-refractivity contribution is 0.0593. The number of nitriles is 2. The molecule has 1 atom stereocenters. The van der Waals surface area contributed by atoms with Crippen molar-refractivity contribution in [2.75, 3.05) is 17.2 Å². The third kappa shape index (κ3) is 5.10. The van der Waals surface area contributed by atoms with Crippen LogP contribution in [0.25, 0.3) is 10.9 Å². The lowest BCUT2D eigenvalue weighted by Gasteiger charge is -2.23. The van der Waals surface area contributed by atoms with Crippen LogP contribution >= 0.6 is 0 Å². The molecule has 0 amide bonds. The molecule has 0 bridgehead atoms. The van der Waals surface area contributed by atoms with Crippen molar-refractivity contribution >= 4 is 22.3 Å². The van der Waals surface area contributed by atoms with E-state index in [4.69, 9.17) is 0 Å². The molecule has 10 heteroatoms. The molecule has 1 aliphatic carbocycles. The summed E-state index contributed by atoms with van der Waals surface area (Å²) in [4.78, 5) is 4.58. The van der Waals surface area contributed by atoms with E-state index >= 15 is 0 Å². The average molecular weight is 527 g/mol. The van der Waals surface area contributed by atoms with Crippen LogP contribution in [-0.2, 0) is 5.54 Å². The van der Waals surface area contributed by atoms with E-state index in [-0.39, 0.29) is 5.41 Å². The lowest BCUT2D eigenvalue weighted by atomic mass is 9.96. The van der Waals surface area contributed by atoms with Crippen molar-refractivity contribution in [2.24, 2.45) is 5.41 Å². The van der Waals surface area contributed by atoms with Gasteiger partial charge >= 0.3 is 0 Å². The Labute approximate surface area is 225 Å². The normalized spacial score (nSPS) is 15.0. The number of hydrogen-bond acceptors (Lipinski definition) is 7. The van der Waals surface area contributed by atoms with Gasteiger partial charge in [0, 0.05) is 18.1 Å². The first-order chi connectivity index (χ1) is 18.6. The zero-order valence-corrected chi connectivity index (χ0v) is 21.9. The average Bonchev–Trinajstić information content (AvgIpc) is 3.60. The number of pyridine rings is 1. The Hall–Kier alpha value is -4.57. The first-order valence-corrected chi connectivity index (χ1v) is 12.7. The van der Waals surface area contributed by atoms with Crippen LogP contribution in [0, 0.1) is 28.1 Å². The van der Waals surface area contributed by atoms with E-state index in [2.05, 4.69) is 58.8 Å². The monoisotopic (exact) mass is 526 g/mol. The fraction of sp³-hybridized carbons (Fsp3) is 0.345. The SMILES string of the molecule is CC(C)(C)CNc1c(C#N)cnc2c(N[C@@H](c3ccccc3)c3cn(C4(C(F)F)CC4)nn3)cc(C#N)cc12. The number of benzene rings is 2. The molecule has 0 unspecified atom stereocenters. The van der Waals surface area contributed by atoms with E-state index in [1.807, 2.05) is 30.3 Å². The Morgan fingerprint density at radius 1 is 1.10 bits per heavy atom. The highest BCUT2D eigenvalue weighted by Gasteiger charge is 2.54. The number of aromatic nitrogens is 4. The fourth-order valence-corrected chi connectivity index (χ4v) is 4.54. The Bertz CT molecular complexity index is 1590. The van der Waals surface area contributed by atoms with Gasteiger partial charge in [-0.05, 0) is 36.0 Å². The Morgan fingerprint density at radius 3 is 2.46 bits per heavy atom. The smallest absolute Gasteiger partial charge is 0.263 e. The number of anilines is 2. The quantitative estimate of drug-likeness (QED) is 0.290. The molecule has 198 valence electrons. The molecule has 0 saturated heterocycles. The molecule has 2 aromatic heterocycles. The summed E-state index contributed by atoms with van der Waals surface area (Å²) in [6, 6.07) is 16.7. The highest BCUT2D eigenvalue weighted by atomic mass is 19.3. The van der Waals surface area contributed by atoms with E-state index < -0.39 is 18.0 Å². The minimum absolute atomic E-state index is 0.0579. The van der Waals surface area contributed by atoms with Crippen molar-refractivity contribution in [3.63, 3.8) is 0 Å². The highest BCUT2D eigenvalue weighted by Crippen LogP contribution is 2.48. The molecule has 2 aromatic carbocycles. The van der Waals surface area contributed by atoms with Crippen LogP contribution in [0.5, 0.6) is 0 Å². The molecule has 1 aliphatic rings. The van der Waals surface area contributed by atoms with Crippen LogP contribution in [0.4, 0.5) is 20.2 Å². The molecule has 0 radical (unpaired) electrons. The number of rotatable bonds is 8. The van der Waals surface area contributed by atoms with E-state index in [0.717, 1.165) is 5.56 Å². The molecule has 8 nitrogen and oxygen atoms in total. The molecule has 0 aliphatic heterocycles. The lowest BCUT2D eigenvalue weighted by Crippen LogP contribution is -2.26. The molecular formula is C29H28F2N8. The van der Waals surface area contributed by atoms with Gasteiger partial charge in [0.05, 0.1) is 46.3 Å². The van der Waals surface area contributed by atoms with E-state index in [1.54, 1.807) is 18.3 Å². The number of fused-ring (bicyclic) bond motifs is 1. The van der Waals surface area contributed by atoms with E-state index in [0.29, 0.717) is 58.5 Å². The van der Waals surface area contributed by atoms with Crippen LogP contribution < -0.4 is 10.6 Å². The second-order valence-corrected chi connectivity index (χ2v) is 11.1. The van der Waals surface area contributed by atoms with Gasteiger partial charge in [0.15, 0.2) is 0 Å². The van der Waals surface area contributed by atoms with Gasteiger partial charge in [0.1, 0.15) is 17.3 Å². The maximum absolute atomic E-state index is 13.8. The van der Waals surface area contributed by atoms with Crippen molar-refractivity contribution in [3.05, 3.63) is 77.2 Å². The maximum atomic E-state index is 13.8. The van der Waals surface area contributed by atoms with Gasteiger partial charge in [0.25, 0.3) is 6.43 Å². The zero-order chi connectivity index (χ0) is 27.8. The predicted octanol–water partition coefficient (Wildman–Crippen LogP) is 5.98. The first-order valence-electron chi connectivity index (χ1n) is 12.7. The molecule has 0 spiro atoms. The molecular weight excluding hydrogens is 498 g/mol. The number of hydrogen-bond donors (Lipinski definition) is 2. The second kappa shape index (κ2) is 9.95. The second-order valence-electron chi connectivity index (χ2n) is 11.1. The van der Waals surface area contributed by atoms with Gasteiger partial charge in [-0.3, -0.25) is 4.98 Å². The third-order valence-electron chi connectivity index (χ3n) is 6.88. The third-order valence-corrected chi connectivity index (χ3v) is 6.88. The van der Waals surface area contributed by atoms with Crippen LogP contribution in [0.2, 0.25) is 0 Å². The molecule has 5 rings (SSSR count). The Morgan fingerprint density at radius 2 is 1.85 bits per heavy atom. The number of halogens is 2. The molecule has 1 fully saturated rings. The summed E-state index contributed by atoms with van der Waals surface area (Å²) in [6.07, 6.45) is 1.24. The summed E-state index contributed by atoms with van der Waals surface area (Å²) < 4.78 is 28.8. The minimum Gasteiger partial charge on any atom is -0.383 e. The first kappa shape index (κ1) is 26.1. The van der Waals surface area contributed by atoms with Crippen LogP contribution in [-0.4, -0.2) is 32.9 Å². The van der Waals surface area contributed by atoms with Gasteiger partial charge < -0.3 is 10.6 Å². The highest BCUT2D eigenvalue weighted by molar-refractivity contribution is 6.01. The van der Waals surface area contributed by atoms with Crippen molar-refractivity contribution in [3.8, 4) is 12.1 Å². The zero-order valence-electron chi connectivity index (χ0n) is 21.9. The summed E-state index contributed by atoms with van der Waals surface area (Å²) in [6.45, 7) is 6.85. The van der Waals surface area contributed by atoms with Gasteiger partial charge in [-0.2, -0.15) is 10.5 Å². The summed E-state index contributed by atoms with van der Waals surface area (Å²) in [5, 5.41) is 35.4. The molecule has 1 saturated carbocycles. The van der Waals surface area contributed by atoms with Crippen LogP contribution in [0.15, 0.2) is 54.9 Å². The summed E-state index contributed by atoms with van der Waals surface area (Å²) in [5.41, 5.74) is 2.40. The van der Waals surface area contributed by atoms with Crippen LogP contribution in [0.1, 0.15) is 62.0 Å². The van der Waals surface area contributed by atoms with Gasteiger partial charge in [-0.15, -0.1) is 5.10 Å². The summed E-state index contributed by atoms with van der Waals surface area (Å²) in [5.74, 6) is 0. The van der Waals surface area contributed by atoms with E-state index in [1.165, 1.54) is 10.9 Å². The van der Waals surface area contributed by atoms with E-state index in [9.17, 15) is 19.3 Å². The molecule has 4 aromatic rings. The molecule has 2 heterocycles.